The topological polar surface area (TPSA) is 98.7 Å². The fourth-order valence-electron chi connectivity index (χ4n) is 3.15. The third-order valence-electron chi connectivity index (χ3n) is 4.85. The molecule has 3 amide bonds. The monoisotopic (exact) mass is 413 g/mol. The first-order chi connectivity index (χ1) is 14.4. The summed E-state index contributed by atoms with van der Waals surface area (Å²) in [5, 5.41) is 7.58. The Labute approximate surface area is 174 Å². The van der Waals surface area contributed by atoms with Gasteiger partial charge < -0.3 is 24.3 Å². The number of ether oxygens (including phenoxy) is 4. The third kappa shape index (κ3) is 3.61. The maximum absolute atomic E-state index is 13.0. The molecule has 1 unspecified atom stereocenters. The molecular weight excluding hydrogens is 390 g/mol. The van der Waals surface area contributed by atoms with E-state index in [1.807, 2.05) is 0 Å². The van der Waals surface area contributed by atoms with E-state index < -0.39 is 17.5 Å². The number of carbonyl (C=O) groups excluding carboxylic acids is 2. The van der Waals surface area contributed by atoms with E-state index in [4.69, 9.17) is 18.9 Å². The number of hydrazone groups is 1. The number of amides is 3. The highest BCUT2D eigenvalue weighted by molar-refractivity contribution is 6.07. The Bertz CT molecular complexity index is 964. The molecule has 2 aromatic rings. The van der Waals surface area contributed by atoms with Crippen molar-refractivity contribution in [2.24, 2.45) is 5.10 Å². The summed E-state index contributed by atoms with van der Waals surface area (Å²) in [7, 11) is 6.05. The Morgan fingerprint density at radius 3 is 2.03 bits per heavy atom. The van der Waals surface area contributed by atoms with Gasteiger partial charge in [0.25, 0.3) is 5.91 Å². The minimum absolute atomic E-state index is 0.429. The van der Waals surface area contributed by atoms with Crippen LogP contribution in [-0.2, 0) is 10.3 Å². The standard InChI is InChI=1S/C21H23N3O6/c1-21(14-6-8-15(27-2)9-7-14)19(25)24(20(26)23-21)22-12-13-10-16(28-3)18(30-5)17(11-13)29-4/h6-12H,1-5H3,(H,23,26)/b22-12+. The molecule has 0 radical (unpaired) electrons. The number of benzene rings is 2. The van der Waals surface area contributed by atoms with E-state index in [0.29, 0.717) is 34.1 Å². The van der Waals surface area contributed by atoms with Crippen molar-refractivity contribution in [3.63, 3.8) is 0 Å². The van der Waals surface area contributed by atoms with Gasteiger partial charge in [-0.15, -0.1) is 5.01 Å². The molecule has 1 heterocycles. The average molecular weight is 413 g/mol. The van der Waals surface area contributed by atoms with Crippen molar-refractivity contribution < 1.29 is 28.5 Å². The first kappa shape index (κ1) is 21.0. The first-order valence-corrected chi connectivity index (χ1v) is 9.03. The van der Waals surface area contributed by atoms with Crippen molar-refractivity contribution in [3.05, 3.63) is 47.5 Å². The van der Waals surface area contributed by atoms with Crippen LogP contribution in [-0.4, -0.2) is 51.6 Å². The maximum atomic E-state index is 13.0. The van der Waals surface area contributed by atoms with E-state index in [-0.39, 0.29) is 0 Å². The Balaban J connectivity index is 1.89. The zero-order chi connectivity index (χ0) is 21.9. The lowest BCUT2D eigenvalue weighted by atomic mass is 9.92. The van der Waals surface area contributed by atoms with Crippen LogP contribution in [0.3, 0.4) is 0 Å². The third-order valence-corrected chi connectivity index (χ3v) is 4.85. The first-order valence-electron chi connectivity index (χ1n) is 9.03. The Kier molecular flexibility index (Phi) is 5.81. The molecule has 1 atom stereocenters. The number of nitrogens with one attached hydrogen (secondary N) is 1. The Morgan fingerprint density at radius 1 is 0.933 bits per heavy atom. The molecule has 0 aliphatic carbocycles. The molecule has 1 saturated heterocycles. The molecule has 1 aliphatic rings. The minimum Gasteiger partial charge on any atom is -0.497 e. The van der Waals surface area contributed by atoms with E-state index >= 15 is 0 Å². The highest BCUT2D eigenvalue weighted by Crippen LogP contribution is 2.38. The molecule has 2 aromatic carbocycles. The number of nitrogens with zero attached hydrogens (tertiary/aromatic N) is 2. The molecule has 0 saturated carbocycles. The van der Waals surface area contributed by atoms with Crippen LogP contribution in [0.25, 0.3) is 0 Å². The van der Waals surface area contributed by atoms with E-state index in [2.05, 4.69) is 10.4 Å². The summed E-state index contributed by atoms with van der Waals surface area (Å²) in [5.74, 6) is 1.44. The normalized spacial score (nSPS) is 18.5. The molecule has 0 bridgehead atoms. The van der Waals surface area contributed by atoms with E-state index in [1.54, 1.807) is 50.4 Å². The summed E-state index contributed by atoms with van der Waals surface area (Å²) in [4.78, 5) is 25.4. The molecule has 1 N–H and O–H groups in total. The van der Waals surface area contributed by atoms with Crippen LogP contribution in [0.15, 0.2) is 41.5 Å². The number of hydrogen-bond acceptors (Lipinski definition) is 7. The van der Waals surface area contributed by atoms with Crippen LogP contribution in [0.2, 0.25) is 0 Å². The van der Waals surface area contributed by atoms with E-state index in [9.17, 15) is 9.59 Å². The predicted molar refractivity (Wildman–Crippen MR) is 109 cm³/mol. The molecule has 0 spiro atoms. The van der Waals surface area contributed by atoms with E-state index in [0.717, 1.165) is 5.01 Å². The number of hydrogen-bond donors (Lipinski definition) is 1. The largest absolute Gasteiger partial charge is 0.497 e. The van der Waals surface area contributed by atoms with Crippen molar-refractivity contribution in [1.29, 1.82) is 0 Å². The second-order valence-electron chi connectivity index (χ2n) is 6.60. The molecule has 158 valence electrons. The van der Waals surface area contributed by atoms with Crippen LogP contribution in [0.5, 0.6) is 23.0 Å². The van der Waals surface area contributed by atoms with Crippen LogP contribution >= 0.6 is 0 Å². The summed E-state index contributed by atoms with van der Waals surface area (Å²) in [6.45, 7) is 1.63. The second-order valence-corrected chi connectivity index (χ2v) is 6.60. The lowest BCUT2D eigenvalue weighted by Crippen LogP contribution is -2.40. The summed E-state index contributed by atoms with van der Waals surface area (Å²) >= 11 is 0. The number of carbonyl (C=O) groups is 2. The molecule has 1 aliphatic heterocycles. The van der Waals surface area contributed by atoms with Gasteiger partial charge in [0.05, 0.1) is 34.7 Å². The molecule has 1 fully saturated rings. The van der Waals surface area contributed by atoms with Gasteiger partial charge in [-0.3, -0.25) is 4.79 Å². The zero-order valence-corrected chi connectivity index (χ0v) is 17.4. The average Bonchev–Trinajstić information content (AvgIpc) is 3.00. The van der Waals surface area contributed by atoms with Crippen LogP contribution in [0.1, 0.15) is 18.1 Å². The number of rotatable bonds is 7. The lowest BCUT2D eigenvalue weighted by molar-refractivity contribution is -0.131. The van der Waals surface area contributed by atoms with Gasteiger partial charge in [-0.1, -0.05) is 12.1 Å². The van der Waals surface area contributed by atoms with Gasteiger partial charge in [-0.2, -0.15) is 5.10 Å². The Morgan fingerprint density at radius 2 is 1.53 bits per heavy atom. The van der Waals surface area contributed by atoms with Crippen molar-refractivity contribution in [2.75, 3.05) is 28.4 Å². The molecule has 9 nitrogen and oxygen atoms in total. The van der Waals surface area contributed by atoms with Crippen LogP contribution < -0.4 is 24.3 Å². The molecule has 9 heteroatoms. The Hall–Kier alpha value is -3.75. The summed E-state index contributed by atoms with van der Waals surface area (Å²) in [6.07, 6.45) is 1.38. The molecule has 0 aromatic heterocycles. The van der Waals surface area contributed by atoms with Crippen molar-refractivity contribution in [3.8, 4) is 23.0 Å². The zero-order valence-electron chi connectivity index (χ0n) is 17.4. The lowest BCUT2D eigenvalue weighted by Gasteiger charge is -2.21. The van der Waals surface area contributed by atoms with Crippen LogP contribution in [0.4, 0.5) is 4.79 Å². The van der Waals surface area contributed by atoms with Gasteiger partial charge in [0.2, 0.25) is 5.75 Å². The second kappa shape index (κ2) is 8.32. The summed E-state index contributed by atoms with van der Waals surface area (Å²) < 4.78 is 21.0. The summed E-state index contributed by atoms with van der Waals surface area (Å²) in [5.41, 5.74) is -0.0639. The highest BCUT2D eigenvalue weighted by atomic mass is 16.5. The smallest absolute Gasteiger partial charge is 0.346 e. The number of urea groups is 1. The quantitative estimate of drug-likeness (QED) is 0.553. The fourth-order valence-corrected chi connectivity index (χ4v) is 3.15. The maximum Gasteiger partial charge on any atom is 0.346 e. The van der Waals surface area contributed by atoms with Gasteiger partial charge in [-0.25, -0.2) is 4.79 Å². The predicted octanol–water partition coefficient (Wildman–Crippen LogP) is 2.52. The number of imide groups is 1. The fraction of sp³-hybridized carbons (Fsp3) is 0.286. The molecular formula is C21H23N3O6. The van der Waals surface area contributed by atoms with Crippen molar-refractivity contribution in [2.45, 2.75) is 12.5 Å². The minimum atomic E-state index is -1.24. The van der Waals surface area contributed by atoms with E-state index in [1.165, 1.54) is 27.5 Å². The molecule has 30 heavy (non-hydrogen) atoms. The highest BCUT2D eigenvalue weighted by Gasteiger charge is 2.49. The van der Waals surface area contributed by atoms with Gasteiger partial charge in [0.1, 0.15) is 11.3 Å². The molecule has 3 rings (SSSR count). The van der Waals surface area contributed by atoms with Gasteiger partial charge >= 0.3 is 6.03 Å². The SMILES string of the molecule is COc1ccc(C2(C)NC(=O)N(/N=C/c3cc(OC)c(OC)c(OC)c3)C2=O)cc1. The summed E-state index contributed by atoms with van der Waals surface area (Å²) in [6, 6.07) is 9.59. The van der Waals surface area contributed by atoms with Gasteiger partial charge in [-0.05, 0) is 36.8 Å². The van der Waals surface area contributed by atoms with Crippen molar-refractivity contribution in [1.82, 2.24) is 10.3 Å². The van der Waals surface area contributed by atoms with Crippen LogP contribution in [0, 0.1) is 0 Å². The van der Waals surface area contributed by atoms with Crippen molar-refractivity contribution >= 4 is 18.2 Å². The van der Waals surface area contributed by atoms with Gasteiger partial charge in [0, 0.05) is 5.56 Å². The van der Waals surface area contributed by atoms with Gasteiger partial charge in [0.15, 0.2) is 11.5 Å². The number of methoxy groups -OCH3 is 4.